The molecule has 11 nitrogen and oxygen atoms in total. The average Bonchev–Trinajstić information content (AvgIpc) is 3.46. The zero-order valence-corrected chi connectivity index (χ0v) is 31.3. The molecule has 5 N–H and O–H groups in total. The fraction of sp³-hybridized carbons (Fsp3) is 0.897. The maximum atomic E-state index is 13.5. The van der Waals surface area contributed by atoms with Crippen molar-refractivity contribution in [1.29, 1.82) is 0 Å². The first kappa shape index (κ1) is 38.1. The van der Waals surface area contributed by atoms with Crippen LogP contribution in [-0.4, -0.2) is 99.5 Å². The Labute approximate surface area is 297 Å². The van der Waals surface area contributed by atoms with Gasteiger partial charge in [-0.2, -0.15) is 0 Å². The van der Waals surface area contributed by atoms with Gasteiger partial charge in [0.05, 0.1) is 19.1 Å². The molecule has 6 rings (SSSR count). The van der Waals surface area contributed by atoms with Crippen LogP contribution >= 0.6 is 0 Å². The van der Waals surface area contributed by atoms with Crippen LogP contribution in [0.25, 0.3) is 0 Å². The quantitative estimate of drug-likeness (QED) is 0.139. The van der Waals surface area contributed by atoms with Crippen molar-refractivity contribution < 1.29 is 49.4 Å². The van der Waals surface area contributed by atoms with E-state index in [0.717, 1.165) is 68.4 Å². The first-order chi connectivity index (χ1) is 23.3. The largest absolute Gasteiger partial charge is 0.481 e. The summed E-state index contributed by atoms with van der Waals surface area (Å²) in [6.45, 7) is 17.5. The van der Waals surface area contributed by atoms with Crippen molar-refractivity contribution in [2.45, 2.75) is 142 Å². The minimum absolute atomic E-state index is 0.0348. The molecule has 0 amide bonds. The molecule has 1 saturated heterocycles. The number of carboxylic acid groups (broad SMARTS) is 1. The predicted octanol–water partition coefficient (Wildman–Crippen LogP) is 4.30. The molecule has 0 spiro atoms. The highest BCUT2D eigenvalue weighted by atomic mass is 16.7. The van der Waals surface area contributed by atoms with E-state index in [2.05, 4.69) is 48.1 Å². The van der Waals surface area contributed by atoms with Crippen molar-refractivity contribution in [3.8, 4) is 0 Å². The third-order valence-corrected chi connectivity index (χ3v) is 16.4. The molecule has 0 aromatic heterocycles. The lowest BCUT2D eigenvalue weighted by Crippen LogP contribution is -2.67. The summed E-state index contributed by atoms with van der Waals surface area (Å²) in [6.07, 6.45) is 1.79. The normalized spacial score (nSPS) is 49.6. The minimum Gasteiger partial charge on any atom is -0.481 e. The number of carbonyl (C=O) groups excluding carboxylic acids is 1. The number of esters is 1. The van der Waals surface area contributed by atoms with E-state index in [1.165, 1.54) is 7.11 Å². The van der Waals surface area contributed by atoms with E-state index in [1.807, 2.05) is 0 Å². The molecule has 0 radical (unpaired) electrons. The summed E-state index contributed by atoms with van der Waals surface area (Å²) in [5.41, 5.74) is 0.327. The molecule has 0 aromatic carbocycles. The first-order valence-electron chi connectivity index (χ1n) is 19.0. The molecular weight excluding hydrogens is 642 g/mol. The molecule has 6 aliphatic rings. The summed E-state index contributed by atoms with van der Waals surface area (Å²) < 4.78 is 11.8. The van der Waals surface area contributed by atoms with Crippen molar-refractivity contribution in [2.75, 3.05) is 20.3 Å². The van der Waals surface area contributed by atoms with E-state index in [1.54, 1.807) is 0 Å². The Balaban J connectivity index is 1.19. The van der Waals surface area contributed by atoms with E-state index in [0.29, 0.717) is 24.2 Å². The van der Waals surface area contributed by atoms with Crippen LogP contribution in [0.4, 0.5) is 0 Å². The molecule has 284 valence electrons. The monoisotopic (exact) mass is 705 g/mol. The molecule has 15 atom stereocenters. The van der Waals surface area contributed by atoms with Gasteiger partial charge in [0.2, 0.25) is 0 Å². The third-order valence-electron chi connectivity index (χ3n) is 16.4. The van der Waals surface area contributed by atoms with Gasteiger partial charge in [0.1, 0.15) is 37.1 Å². The Morgan fingerprint density at radius 3 is 2.18 bits per heavy atom. The van der Waals surface area contributed by atoms with Crippen LogP contribution in [0.15, 0.2) is 12.2 Å². The standard InChI is InChI=1S/C39H63NO10/c1-21(2)22-11-16-39(34(46)47)18-17-37(6)23(29(22)39)9-10-26-36(5)14-13-27(35(3,4)25(36)12-15-38(26,37)7)50-28(42)19-40(48-8)33-32(45)31(44)30(43)24(20-41)49-33/h22-27,29-33,41,43-45H,1,9-20H2,2-8H3,(H,46,47)/t22-,23?,24+,25?,26?,27-,29?,30-,31-,32+,33?,36-,37+,38+,39-/m0/s1. The van der Waals surface area contributed by atoms with Gasteiger partial charge in [0.25, 0.3) is 0 Å². The molecule has 50 heavy (non-hydrogen) atoms. The van der Waals surface area contributed by atoms with Gasteiger partial charge in [0, 0.05) is 5.41 Å². The number of rotatable bonds is 8. The van der Waals surface area contributed by atoms with Crippen molar-refractivity contribution in [3.63, 3.8) is 0 Å². The molecule has 5 aliphatic carbocycles. The smallest absolute Gasteiger partial charge is 0.323 e. The van der Waals surface area contributed by atoms with Crippen LogP contribution in [0.5, 0.6) is 0 Å². The predicted molar refractivity (Wildman–Crippen MR) is 184 cm³/mol. The summed E-state index contributed by atoms with van der Waals surface area (Å²) in [5.74, 6) is 0.404. The van der Waals surface area contributed by atoms with Crippen LogP contribution in [0.3, 0.4) is 0 Å². The molecule has 1 aliphatic heterocycles. The highest BCUT2D eigenvalue weighted by Crippen LogP contribution is 2.77. The summed E-state index contributed by atoms with van der Waals surface area (Å²) in [6, 6.07) is 0. The van der Waals surface area contributed by atoms with Gasteiger partial charge in [-0.15, -0.1) is 5.06 Å². The lowest BCUT2D eigenvalue weighted by molar-refractivity contribution is -0.327. The van der Waals surface area contributed by atoms with E-state index in [-0.39, 0.29) is 46.1 Å². The molecular formula is C39H63NO10. The van der Waals surface area contributed by atoms with E-state index < -0.39 is 54.6 Å². The van der Waals surface area contributed by atoms with E-state index >= 15 is 0 Å². The summed E-state index contributed by atoms with van der Waals surface area (Å²) in [4.78, 5) is 31.8. The number of allylic oxidation sites excluding steroid dienone is 1. The Hall–Kier alpha value is -1.60. The number of hydrogen-bond acceptors (Lipinski definition) is 10. The highest BCUT2D eigenvalue weighted by molar-refractivity contribution is 5.76. The van der Waals surface area contributed by atoms with Gasteiger partial charge in [-0.25, -0.2) is 0 Å². The van der Waals surface area contributed by atoms with Crippen LogP contribution in [-0.2, 0) is 23.9 Å². The van der Waals surface area contributed by atoms with Gasteiger partial charge in [-0.05, 0) is 117 Å². The molecule has 5 saturated carbocycles. The number of carboxylic acids is 1. The lowest BCUT2D eigenvalue weighted by Gasteiger charge is -2.72. The van der Waals surface area contributed by atoms with Crippen LogP contribution in [0.1, 0.15) is 106 Å². The Bertz CT molecular complexity index is 1340. The minimum atomic E-state index is -1.59. The third kappa shape index (κ3) is 5.37. The second-order valence-corrected chi connectivity index (χ2v) is 18.5. The maximum absolute atomic E-state index is 13.5. The topological polar surface area (TPSA) is 166 Å². The molecule has 5 unspecified atom stereocenters. The lowest BCUT2D eigenvalue weighted by atomic mass is 9.32. The number of hydrogen-bond donors (Lipinski definition) is 5. The summed E-state index contributed by atoms with van der Waals surface area (Å²) >= 11 is 0. The molecule has 1 heterocycles. The van der Waals surface area contributed by atoms with E-state index in [9.17, 15) is 35.1 Å². The number of aliphatic carboxylic acids is 1. The number of nitrogens with zero attached hydrogens (tertiary/aromatic N) is 1. The second kappa shape index (κ2) is 13.1. The number of ether oxygens (including phenoxy) is 2. The van der Waals surface area contributed by atoms with Gasteiger partial charge in [-0.1, -0.05) is 46.8 Å². The Kier molecular flexibility index (Phi) is 9.96. The van der Waals surface area contributed by atoms with Gasteiger partial charge >= 0.3 is 11.9 Å². The van der Waals surface area contributed by atoms with Gasteiger partial charge in [-0.3, -0.25) is 14.4 Å². The van der Waals surface area contributed by atoms with Crippen molar-refractivity contribution in [1.82, 2.24) is 5.06 Å². The fourth-order valence-electron chi connectivity index (χ4n) is 13.6. The number of fused-ring (bicyclic) bond motifs is 7. The van der Waals surface area contributed by atoms with Crippen molar-refractivity contribution in [3.05, 3.63) is 12.2 Å². The van der Waals surface area contributed by atoms with Crippen LogP contribution in [0, 0.1) is 56.7 Å². The first-order valence-corrected chi connectivity index (χ1v) is 19.0. The van der Waals surface area contributed by atoms with Crippen LogP contribution < -0.4 is 0 Å². The molecule has 6 fully saturated rings. The van der Waals surface area contributed by atoms with Crippen molar-refractivity contribution in [2.24, 2.45) is 56.7 Å². The summed E-state index contributed by atoms with van der Waals surface area (Å²) in [5, 5.41) is 52.4. The number of hydroxylamine groups is 2. The Morgan fingerprint density at radius 2 is 1.56 bits per heavy atom. The number of aliphatic hydroxyl groups excluding tert-OH is 4. The highest BCUT2D eigenvalue weighted by Gasteiger charge is 2.72. The van der Waals surface area contributed by atoms with Crippen molar-refractivity contribution >= 4 is 11.9 Å². The Morgan fingerprint density at radius 1 is 0.860 bits per heavy atom. The molecule has 0 bridgehead atoms. The van der Waals surface area contributed by atoms with Gasteiger partial charge < -0.3 is 35.0 Å². The van der Waals surface area contributed by atoms with E-state index in [4.69, 9.17) is 14.3 Å². The fourth-order valence-corrected chi connectivity index (χ4v) is 13.6. The molecule has 11 heteroatoms. The zero-order chi connectivity index (χ0) is 36.8. The SMILES string of the molecule is C=C(C)[C@@H]1CC[C@]2(C(=O)O)CC[C@]3(C)C(CCC4[C@@]5(C)CC[C@H](OC(=O)CN(OC)C6O[C@H](CO)[C@H](O)[C@H](O)[C@H]6O)C(C)(C)C5CC[C@]43C)C12. The zero-order valence-electron chi connectivity index (χ0n) is 31.3. The van der Waals surface area contributed by atoms with Gasteiger partial charge in [0.15, 0.2) is 6.23 Å². The number of aliphatic hydroxyl groups is 4. The average molecular weight is 706 g/mol. The summed E-state index contributed by atoms with van der Waals surface area (Å²) in [7, 11) is 1.32. The van der Waals surface area contributed by atoms with Crippen LogP contribution in [0.2, 0.25) is 0 Å². The number of carbonyl (C=O) groups is 2. The molecule has 0 aromatic rings. The second-order valence-electron chi connectivity index (χ2n) is 18.5. The maximum Gasteiger partial charge on any atom is 0.323 e.